The number of carbonyl (C=O) groups excluding carboxylic acids is 1. The van der Waals surface area contributed by atoms with Crippen LogP contribution in [0.25, 0.3) is 0 Å². The highest BCUT2D eigenvalue weighted by Gasteiger charge is 2.37. The molecule has 1 heterocycles. The van der Waals surface area contributed by atoms with E-state index in [4.69, 9.17) is 0 Å². The quantitative estimate of drug-likeness (QED) is 0.787. The predicted molar refractivity (Wildman–Crippen MR) is 79.7 cm³/mol. The van der Waals surface area contributed by atoms with E-state index in [9.17, 15) is 4.79 Å². The minimum atomic E-state index is 0.0262. The van der Waals surface area contributed by atoms with Crippen LogP contribution in [0.5, 0.6) is 0 Å². The van der Waals surface area contributed by atoms with Gasteiger partial charge in [0.15, 0.2) is 0 Å². The average molecular weight is 259 g/mol. The minimum Gasteiger partial charge on any atom is -0.335 e. The maximum atomic E-state index is 12.6. The normalized spacial score (nSPS) is 18.1. The molecule has 1 aliphatic heterocycles. The zero-order valence-electron chi connectivity index (χ0n) is 12.9. The average Bonchev–Trinajstić information content (AvgIpc) is 2.33. The third-order valence-corrected chi connectivity index (χ3v) is 4.12. The van der Waals surface area contributed by atoms with E-state index in [0.717, 1.165) is 12.1 Å². The van der Waals surface area contributed by atoms with Crippen LogP contribution in [0.2, 0.25) is 0 Å². The van der Waals surface area contributed by atoms with Crippen molar-refractivity contribution in [3.8, 4) is 0 Å². The number of benzene rings is 1. The van der Waals surface area contributed by atoms with E-state index in [-0.39, 0.29) is 17.4 Å². The molecule has 1 aromatic rings. The molecule has 2 nitrogen and oxygen atoms in total. The lowest BCUT2D eigenvalue weighted by atomic mass is 9.76. The number of fused-ring (bicyclic) bond motifs is 1. The van der Waals surface area contributed by atoms with Crippen LogP contribution in [0, 0.1) is 0 Å². The molecule has 1 amide bonds. The summed E-state index contributed by atoms with van der Waals surface area (Å²) in [4.78, 5) is 14.5. The first-order valence-electron chi connectivity index (χ1n) is 7.19. The highest BCUT2D eigenvalue weighted by Crippen LogP contribution is 2.35. The molecule has 19 heavy (non-hydrogen) atoms. The Morgan fingerprint density at radius 1 is 1.16 bits per heavy atom. The monoisotopic (exact) mass is 259 g/mol. The van der Waals surface area contributed by atoms with Crippen LogP contribution in [0.1, 0.15) is 68.9 Å². The fourth-order valence-electron chi connectivity index (χ4n) is 2.82. The third-order valence-electron chi connectivity index (χ3n) is 4.12. The molecule has 2 heteroatoms. The summed E-state index contributed by atoms with van der Waals surface area (Å²) in [5.41, 5.74) is 3.44. The van der Waals surface area contributed by atoms with Gasteiger partial charge in [-0.1, -0.05) is 39.8 Å². The zero-order valence-corrected chi connectivity index (χ0v) is 12.9. The second kappa shape index (κ2) is 4.66. The molecular formula is C17H25NO. The molecule has 0 unspecified atom stereocenters. The summed E-state index contributed by atoms with van der Waals surface area (Å²) in [6.07, 6.45) is 0. The van der Waals surface area contributed by atoms with E-state index in [0.29, 0.717) is 5.92 Å². The molecule has 0 spiro atoms. The Labute approximate surface area is 116 Å². The SMILES string of the molecule is CC(C)c1ccc2c(c1)C(C)(C)CN(C(C)C)C2=O. The lowest BCUT2D eigenvalue weighted by molar-refractivity contribution is 0.0627. The van der Waals surface area contributed by atoms with Gasteiger partial charge in [-0.05, 0) is 37.0 Å². The molecule has 0 bridgehead atoms. The lowest BCUT2D eigenvalue weighted by Crippen LogP contribution is -2.49. The van der Waals surface area contributed by atoms with E-state index < -0.39 is 0 Å². The van der Waals surface area contributed by atoms with Crippen molar-refractivity contribution in [2.75, 3.05) is 6.54 Å². The van der Waals surface area contributed by atoms with Gasteiger partial charge in [-0.15, -0.1) is 0 Å². The summed E-state index contributed by atoms with van der Waals surface area (Å²) in [5.74, 6) is 0.680. The number of carbonyl (C=O) groups is 1. The van der Waals surface area contributed by atoms with Crippen molar-refractivity contribution in [3.63, 3.8) is 0 Å². The topological polar surface area (TPSA) is 20.3 Å². The molecule has 0 radical (unpaired) electrons. The van der Waals surface area contributed by atoms with Gasteiger partial charge in [-0.2, -0.15) is 0 Å². The fraction of sp³-hybridized carbons (Fsp3) is 0.588. The van der Waals surface area contributed by atoms with Crippen molar-refractivity contribution in [1.29, 1.82) is 0 Å². The van der Waals surface area contributed by atoms with E-state index in [1.54, 1.807) is 0 Å². The highest BCUT2D eigenvalue weighted by molar-refractivity contribution is 5.97. The second-order valence-electron chi connectivity index (χ2n) is 6.87. The number of amides is 1. The molecule has 0 N–H and O–H groups in total. The number of hydrogen-bond acceptors (Lipinski definition) is 1. The van der Waals surface area contributed by atoms with Crippen LogP contribution < -0.4 is 0 Å². The first kappa shape index (κ1) is 14.1. The van der Waals surface area contributed by atoms with Crippen molar-refractivity contribution in [3.05, 3.63) is 34.9 Å². The molecule has 0 aliphatic carbocycles. The van der Waals surface area contributed by atoms with Crippen molar-refractivity contribution >= 4 is 5.91 Å². The molecule has 0 saturated carbocycles. The van der Waals surface area contributed by atoms with Gasteiger partial charge in [0.1, 0.15) is 0 Å². The molecule has 1 aromatic carbocycles. The maximum Gasteiger partial charge on any atom is 0.254 e. The summed E-state index contributed by atoms with van der Waals surface area (Å²) in [7, 11) is 0. The highest BCUT2D eigenvalue weighted by atomic mass is 16.2. The summed E-state index contributed by atoms with van der Waals surface area (Å²) in [6.45, 7) is 13.8. The molecule has 0 aromatic heterocycles. The summed E-state index contributed by atoms with van der Waals surface area (Å²) in [6, 6.07) is 6.60. The molecule has 1 aliphatic rings. The zero-order chi connectivity index (χ0) is 14.4. The largest absolute Gasteiger partial charge is 0.335 e. The van der Waals surface area contributed by atoms with Gasteiger partial charge in [0.05, 0.1) is 0 Å². The standard InChI is InChI=1S/C17H25NO/c1-11(2)13-7-8-14-15(9-13)17(5,6)10-18(12(3)4)16(14)19/h7-9,11-12H,10H2,1-6H3. The molecule has 0 saturated heterocycles. The Bertz CT molecular complexity index is 500. The van der Waals surface area contributed by atoms with Crippen LogP contribution in [-0.4, -0.2) is 23.4 Å². The summed E-state index contributed by atoms with van der Waals surface area (Å²) in [5, 5.41) is 0. The Hall–Kier alpha value is -1.31. The van der Waals surface area contributed by atoms with E-state index in [1.807, 2.05) is 11.0 Å². The van der Waals surface area contributed by atoms with Gasteiger partial charge in [-0.25, -0.2) is 0 Å². The van der Waals surface area contributed by atoms with Crippen LogP contribution >= 0.6 is 0 Å². The summed E-state index contributed by atoms with van der Waals surface area (Å²) >= 11 is 0. The van der Waals surface area contributed by atoms with E-state index >= 15 is 0 Å². The summed E-state index contributed by atoms with van der Waals surface area (Å²) < 4.78 is 0. The molecule has 2 rings (SSSR count). The molecule has 0 fully saturated rings. The smallest absolute Gasteiger partial charge is 0.254 e. The molecule has 104 valence electrons. The van der Waals surface area contributed by atoms with Crippen molar-refractivity contribution in [2.24, 2.45) is 0 Å². The van der Waals surface area contributed by atoms with Crippen LogP contribution in [-0.2, 0) is 5.41 Å². The second-order valence-corrected chi connectivity index (χ2v) is 6.87. The van der Waals surface area contributed by atoms with Gasteiger partial charge in [0, 0.05) is 23.6 Å². The Morgan fingerprint density at radius 2 is 1.79 bits per heavy atom. The Kier molecular flexibility index (Phi) is 3.46. The Morgan fingerprint density at radius 3 is 2.32 bits per heavy atom. The van der Waals surface area contributed by atoms with Crippen LogP contribution in [0.3, 0.4) is 0 Å². The van der Waals surface area contributed by atoms with E-state index in [2.05, 4.69) is 53.7 Å². The maximum absolute atomic E-state index is 12.6. The van der Waals surface area contributed by atoms with Crippen LogP contribution in [0.15, 0.2) is 18.2 Å². The van der Waals surface area contributed by atoms with Gasteiger partial charge >= 0.3 is 0 Å². The number of nitrogens with zero attached hydrogens (tertiary/aromatic N) is 1. The van der Waals surface area contributed by atoms with Crippen molar-refractivity contribution in [2.45, 2.75) is 58.9 Å². The first-order valence-corrected chi connectivity index (χ1v) is 7.19. The van der Waals surface area contributed by atoms with Gasteiger partial charge in [-0.3, -0.25) is 4.79 Å². The molecule has 0 atom stereocenters. The van der Waals surface area contributed by atoms with Gasteiger partial charge in [0.2, 0.25) is 0 Å². The lowest BCUT2D eigenvalue weighted by Gasteiger charge is -2.42. The fourth-order valence-corrected chi connectivity index (χ4v) is 2.82. The van der Waals surface area contributed by atoms with Gasteiger partial charge < -0.3 is 4.90 Å². The van der Waals surface area contributed by atoms with Crippen LogP contribution in [0.4, 0.5) is 0 Å². The third kappa shape index (κ3) is 2.41. The first-order chi connectivity index (χ1) is 8.74. The Balaban J connectivity index is 2.55. The minimum absolute atomic E-state index is 0.0262. The number of hydrogen-bond donors (Lipinski definition) is 0. The van der Waals surface area contributed by atoms with Gasteiger partial charge in [0.25, 0.3) is 5.91 Å². The predicted octanol–water partition coefficient (Wildman–Crippen LogP) is 3.95. The van der Waals surface area contributed by atoms with E-state index in [1.165, 1.54) is 11.1 Å². The molecular weight excluding hydrogens is 234 g/mol. The van der Waals surface area contributed by atoms with Crippen molar-refractivity contribution < 1.29 is 4.79 Å². The van der Waals surface area contributed by atoms with Crippen molar-refractivity contribution in [1.82, 2.24) is 4.90 Å². The number of rotatable bonds is 2.